The molecule has 1 aromatic carbocycles. The number of amides is 1. The zero-order valence-corrected chi connectivity index (χ0v) is 23.5. The predicted molar refractivity (Wildman–Crippen MR) is 144 cm³/mol. The van der Waals surface area contributed by atoms with Gasteiger partial charge in [-0.3, -0.25) is 14.9 Å². The van der Waals surface area contributed by atoms with Crippen molar-refractivity contribution in [3.05, 3.63) is 49.9 Å². The van der Waals surface area contributed by atoms with Crippen LogP contribution in [0.2, 0.25) is 5.02 Å². The van der Waals surface area contributed by atoms with Gasteiger partial charge in [0.25, 0.3) is 17.3 Å². The van der Waals surface area contributed by atoms with Gasteiger partial charge < -0.3 is 24.5 Å². The second-order valence-corrected chi connectivity index (χ2v) is 11.8. The summed E-state index contributed by atoms with van der Waals surface area (Å²) in [5.74, 6) is -1.75. The van der Waals surface area contributed by atoms with Gasteiger partial charge in [0.2, 0.25) is 5.79 Å². The van der Waals surface area contributed by atoms with Crippen molar-refractivity contribution in [1.29, 1.82) is 0 Å². The summed E-state index contributed by atoms with van der Waals surface area (Å²) in [5.41, 5.74) is 2.02. The number of benzene rings is 1. The summed E-state index contributed by atoms with van der Waals surface area (Å²) in [6.45, 7) is 5.79. The van der Waals surface area contributed by atoms with Crippen LogP contribution in [0.4, 0.5) is 4.39 Å². The van der Waals surface area contributed by atoms with Crippen LogP contribution in [0.25, 0.3) is 0 Å². The smallest absolute Gasteiger partial charge is 0.254 e. The van der Waals surface area contributed by atoms with Gasteiger partial charge in [0.05, 0.1) is 18.2 Å². The van der Waals surface area contributed by atoms with E-state index in [0.29, 0.717) is 28.2 Å². The van der Waals surface area contributed by atoms with Crippen molar-refractivity contribution in [3.8, 4) is 11.5 Å². The van der Waals surface area contributed by atoms with E-state index in [9.17, 15) is 14.0 Å². The number of halogens is 2. The molecule has 38 heavy (non-hydrogen) atoms. The van der Waals surface area contributed by atoms with Gasteiger partial charge in [-0.25, -0.2) is 4.39 Å². The molecule has 2 fully saturated rings. The van der Waals surface area contributed by atoms with Gasteiger partial charge in [-0.15, -0.1) is 11.8 Å². The molecule has 3 heterocycles. The lowest BCUT2D eigenvalue weighted by Crippen LogP contribution is -2.60. The molecular formula is C27H33ClFN3O5S. The van der Waals surface area contributed by atoms with Crippen molar-refractivity contribution in [2.24, 2.45) is 5.92 Å². The van der Waals surface area contributed by atoms with Crippen molar-refractivity contribution in [2.75, 3.05) is 19.5 Å². The summed E-state index contributed by atoms with van der Waals surface area (Å²) < 4.78 is 32.1. The van der Waals surface area contributed by atoms with E-state index in [2.05, 4.69) is 15.6 Å². The first kappa shape index (κ1) is 27.3. The number of pyridine rings is 1. The molecule has 1 amide bonds. The molecule has 1 saturated heterocycles. The van der Waals surface area contributed by atoms with Gasteiger partial charge in [0.1, 0.15) is 0 Å². The highest BCUT2D eigenvalue weighted by Gasteiger charge is 2.48. The molecule has 0 bridgehead atoms. The molecule has 0 spiro atoms. The fourth-order valence-electron chi connectivity index (χ4n) is 5.54. The molecule has 1 atom stereocenters. The van der Waals surface area contributed by atoms with Crippen LogP contribution in [0.5, 0.6) is 11.5 Å². The predicted octanol–water partition coefficient (Wildman–Crippen LogP) is 4.63. The highest BCUT2D eigenvalue weighted by atomic mass is 35.5. The van der Waals surface area contributed by atoms with Gasteiger partial charge in [0.15, 0.2) is 11.5 Å². The molecule has 1 aromatic heterocycles. The molecule has 1 aliphatic carbocycles. The fraction of sp³-hybridized carbons (Fsp3) is 0.556. The van der Waals surface area contributed by atoms with E-state index in [-0.39, 0.29) is 48.2 Å². The van der Waals surface area contributed by atoms with Crippen molar-refractivity contribution < 1.29 is 23.4 Å². The van der Waals surface area contributed by atoms with E-state index in [1.54, 1.807) is 13.0 Å². The number of carbonyl (C=O) groups excluding carboxylic acids is 1. The van der Waals surface area contributed by atoms with Gasteiger partial charge >= 0.3 is 0 Å². The van der Waals surface area contributed by atoms with Crippen LogP contribution >= 0.6 is 23.4 Å². The normalized spacial score (nSPS) is 25.6. The molecule has 2 aromatic rings. The molecule has 1 saturated carbocycles. The van der Waals surface area contributed by atoms with Crippen LogP contribution in [-0.4, -0.2) is 48.0 Å². The summed E-state index contributed by atoms with van der Waals surface area (Å²) >= 11 is 8.03. The van der Waals surface area contributed by atoms with Gasteiger partial charge in [0, 0.05) is 52.7 Å². The van der Waals surface area contributed by atoms with E-state index in [1.807, 2.05) is 26.2 Å². The zero-order chi connectivity index (χ0) is 27.2. The SMILES string of the molecule is CSc1cc(C)[nH]c(=O)c1CNC(=O)c1cc(Cl)c2c(c1C)OC(C)(C1CCC(NC3(F)COC3)CC1)O2. The van der Waals surface area contributed by atoms with Gasteiger partial charge in [-0.05, 0) is 57.9 Å². The molecule has 8 nitrogen and oxygen atoms in total. The summed E-state index contributed by atoms with van der Waals surface area (Å²) in [4.78, 5) is 29.2. The molecule has 206 valence electrons. The lowest BCUT2D eigenvalue weighted by atomic mass is 9.81. The number of hydrogen-bond acceptors (Lipinski definition) is 7. The largest absolute Gasteiger partial charge is 0.448 e. The Morgan fingerprint density at radius 2 is 1.87 bits per heavy atom. The van der Waals surface area contributed by atoms with Crippen LogP contribution in [-0.2, 0) is 11.3 Å². The minimum absolute atomic E-state index is 0.0760. The molecular weight excluding hydrogens is 533 g/mol. The second-order valence-electron chi connectivity index (χ2n) is 10.6. The number of fused-ring (bicyclic) bond motifs is 1. The summed E-state index contributed by atoms with van der Waals surface area (Å²) in [6.07, 6.45) is 5.08. The van der Waals surface area contributed by atoms with Gasteiger partial charge in [-0.1, -0.05) is 11.6 Å². The minimum atomic E-state index is -1.41. The number of thioether (sulfide) groups is 1. The summed E-state index contributed by atoms with van der Waals surface area (Å²) in [6, 6.07) is 3.55. The Morgan fingerprint density at radius 3 is 2.50 bits per heavy atom. The molecule has 1 unspecified atom stereocenters. The molecule has 3 aliphatic rings. The number of ether oxygens (including phenoxy) is 3. The first-order chi connectivity index (χ1) is 18.0. The van der Waals surface area contributed by atoms with E-state index in [0.717, 1.165) is 36.3 Å². The number of carbonyl (C=O) groups is 1. The maximum Gasteiger partial charge on any atom is 0.254 e. The Morgan fingerprint density at radius 1 is 1.18 bits per heavy atom. The summed E-state index contributed by atoms with van der Waals surface area (Å²) in [5, 5.41) is 6.23. The van der Waals surface area contributed by atoms with E-state index >= 15 is 0 Å². The number of aromatic nitrogens is 1. The summed E-state index contributed by atoms with van der Waals surface area (Å²) in [7, 11) is 0. The van der Waals surface area contributed by atoms with E-state index in [4.69, 9.17) is 25.8 Å². The molecule has 3 N–H and O–H groups in total. The third kappa shape index (κ3) is 5.15. The first-order valence-corrected chi connectivity index (χ1v) is 14.4. The average molecular weight is 566 g/mol. The maximum atomic E-state index is 14.4. The molecule has 2 aliphatic heterocycles. The Balaban J connectivity index is 1.28. The number of alkyl halides is 1. The van der Waals surface area contributed by atoms with Crippen LogP contribution in [0.3, 0.4) is 0 Å². The number of H-pyrrole nitrogens is 1. The maximum absolute atomic E-state index is 14.4. The van der Waals surface area contributed by atoms with Crippen LogP contribution in [0, 0.1) is 19.8 Å². The quantitative estimate of drug-likeness (QED) is 0.332. The fourth-order valence-corrected chi connectivity index (χ4v) is 6.48. The third-order valence-electron chi connectivity index (χ3n) is 7.76. The Kier molecular flexibility index (Phi) is 7.45. The number of hydrogen-bond donors (Lipinski definition) is 3. The highest BCUT2D eigenvalue weighted by molar-refractivity contribution is 7.98. The van der Waals surface area contributed by atoms with Crippen molar-refractivity contribution in [2.45, 2.75) is 75.5 Å². The van der Waals surface area contributed by atoms with Crippen LogP contribution in [0.15, 0.2) is 21.8 Å². The lowest BCUT2D eigenvalue weighted by molar-refractivity contribution is -0.159. The average Bonchev–Trinajstić information content (AvgIpc) is 3.24. The molecule has 5 rings (SSSR count). The minimum Gasteiger partial charge on any atom is -0.448 e. The van der Waals surface area contributed by atoms with Crippen LogP contribution in [0.1, 0.15) is 59.8 Å². The van der Waals surface area contributed by atoms with E-state index < -0.39 is 11.6 Å². The Bertz CT molecular complexity index is 1310. The highest BCUT2D eigenvalue weighted by Crippen LogP contribution is 2.51. The molecule has 11 heteroatoms. The Labute approximate surface area is 230 Å². The third-order valence-corrected chi connectivity index (χ3v) is 8.85. The number of aryl methyl sites for hydroxylation is 1. The number of nitrogens with one attached hydrogen (secondary N) is 3. The second kappa shape index (κ2) is 10.4. The molecule has 0 radical (unpaired) electrons. The first-order valence-electron chi connectivity index (χ1n) is 12.8. The van der Waals surface area contributed by atoms with Crippen LogP contribution < -0.4 is 25.7 Å². The van der Waals surface area contributed by atoms with Gasteiger partial charge in [-0.2, -0.15) is 0 Å². The topological polar surface area (TPSA) is 102 Å². The van der Waals surface area contributed by atoms with Crippen molar-refractivity contribution in [3.63, 3.8) is 0 Å². The zero-order valence-electron chi connectivity index (χ0n) is 22.0. The number of aromatic amines is 1. The lowest BCUT2D eigenvalue weighted by Gasteiger charge is -2.42. The monoisotopic (exact) mass is 565 g/mol. The van der Waals surface area contributed by atoms with Crippen molar-refractivity contribution >= 4 is 29.3 Å². The van der Waals surface area contributed by atoms with Crippen molar-refractivity contribution in [1.82, 2.24) is 15.6 Å². The standard InChI is InChI=1S/C27H33ClFN3O5S/c1-14-9-21(38-4)19(25(34)31-14)11-30-24(33)18-10-20(28)23-22(15(18)2)36-26(3,37-23)16-5-7-17(8-6-16)32-27(29)12-35-13-27/h9-10,16-17,32H,5-8,11-13H2,1-4H3,(H,30,33)(H,31,34). The number of rotatable bonds is 7. The van der Waals surface area contributed by atoms with E-state index in [1.165, 1.54) is 11.8 Å². The Hall–Kier alpha value is -2.27.